The molecule has 0 saturated carbocycles. The highest BCUT2D eigenvalue weighted by atomic mass is 79.9. The lowest BCUT2D eigenvalue weighted by Gasteiger charge is -2.23. The number of aliphatic hydroxyl groups is 1. The van der Waals surface area contributed by atoms with Gasteiger partial charge in [-0.2, -0.15) is 0 Å². The molecule has 1 atom stereocenters. The summed E-state index contributed by atoms with van der Waals surface area (Å²) >= 11 is 3.43. The van der Waals surface area contributed by atoms with Crippen molar-refractivity contribution in [3.8, 4) is 5.75 Å². The molecular weight excluding hydrogens is 462 g/mol. The molecule has 1 aromatic heterocycles. The topological polar surface area (TPSA) is 80.0 Å². The molecule has 1 saturated heterocycles. The molecule has 3 aromatic rings. The van der Waals surface area contributed by atoms with E-state index in [1.807, 2.05) is 6.92 Å². The van der Waals surface area contributed by atoms with Crippen LogP contribution in [0.2, 0.25) is 0 Å². The summed E-state index contributed by atoms with van der Waals surface area (Å²) in [5.41, 5.74) is 1.77. The van der Waals surface area contributed by atoms with Gasteiger partial charge in [-0.25, -0.2) is 0 Å². The van der Waals surface area contributed by atoms with Gasteiger partial charge in [0.15, 0.2) is 0 Å². The van der Waals surface area contributed by atoms with Crippen molar-refractivity contribution in [2.24, 2.45) is 0 Å². The van der Waals surface area contributed by atoms with E-state index < -0.39 is 17.7 Å². The van der Waals surface area contributed by atoms with Crippen molar-refractivity contribution >= 4 is 39.1 Å². The number of aryl methyl sites for hydroxylation is 2. The number of nitrogens with zero attached hydrogens (tertiary/aromatic N) is 1. The average Bonchev–Trinajstić information content (AvgIpc) is 3.30. The number of amides is 1. The molecule has 0 bridgehead atoms. The van der Waals surface area contributed by atoms with E-state index in [1.165, 1.54) is 12.0 Å². The maximum Gasteiger partial charge on any atom is 0.300 e. The molecule has 1 N–H and O–H groups in total. The molecule has 158 valence electrons. The van der Waals surface area contributed by atoms with Crippen molar-refractivity contribution in [3.63, 3.8) is 0 Å². The van der Waals surface area contributed by atoms with Crippen LogP contribution in [0.5, 0.6) is 5.75 Å². The van der Waals surface area contributed by atoms with Crippen molar-refractivity contribution in [2.45, 2.75) is 19.9 Å². The fourth-order valence-electron chi connectivity index (χ4n) is 3.68. The number of furan rings is 1. The lowest BCUT2D eigenvalue weighted by Crippen LogP contribution is -2.29. The summed E-state index contributed by atoms with van der Waals surface area (Å²) in [7, 11) is 1.52. The van der Waals surface area contributed by atoms with E-state index in [2.05, 4.69) is 15.9 Å². The molecule has 1 aliphatic rings. The van der Waals surface area contributed by atoms with Crippen LogP contribution in [0.15, 0.2) is 69.1 Å². The molecule has 0 radical (unpaired) electrons. The van der Waals surface area contributed by atoms with E-state index in [4.69, 9.17) is 9.15 Å². The number of carbonyl (C=O) groups is 2. The first-order valence-corrected chi connectivity index (χ1v) is 10.4. The largest absolute Gasteiger partial charge is 0.507 e. The highest BCUT2D eigenvalue weighted by Crippen LogP contribution is 2.43. The first-order chi connectivity index (χ1) is 14.8. The molecule has 31 heavy (non-hydrogen) atoms. The number of carbonyl (C=O) groups excluding carboxylic acids is 2. The van der Waals surface area contributed by atoms with Crippen molar-refractivity contribution in [3.05, 3.63) is 87.3 Å². The van der Waals surface area contributed by atoms with Crippen molar-refractivity contribution in [2.75, 3.05) is 12.0 Å². The summed E-state index contributed by atoms with van der Waals surface area (Å²) in [5, 5.41) is 11.1. The monoisotopic (exact) mass is 481 g/mol. The Morgan fingerprint density at radius 1 is 1.10 bits per heavy atom. The SMILES string of the molecule is COc1cccc(N2C(=O)C(=O)/C(=C(\O)c3ccc(Br)c(C)c3)C2c2ccc(C)o2)c1. The summed E-state index contributed by atoms with van der Waals surface area (Å²) in [5.74, 6) is -0.223. The number of halogens is 1. The van der Waals surface area contributed by atoms with Crippen LogP contribution in [0.4, 0.5) is 5.69 Å². The van der Waals surface area contributed by atoms with Crippen LogP contribution < -0.4 is 9.64 Å². The predicted octanol–water partition coefficient (Wildman–Crippen LogP) is 5.29. The number of hydrogen-bond donors (Lipinski definition) is 1. The number of aliphatic hydroxyl groups excluding tert-OH is 1. The van der Waals surface area contributed by atoms with Crippen LogP contribution in [0.1, 0.15) is 28.7 Å². The summed E-state index contributed by atoms with van der Waals surface area (Å²) in [6, 6.07) is 14.6. The number of ketones is 1. The number of hydrogen-bond acceptors (Lipinski definition) is 5. The second-order valence-corrected chi connectivity index (χ2v) is 8.14. The minimum Gasteiger partial charge on any atom is -0.507 e. The smallest absolute Gasteiger partial charge is 0.300 e. The van der Waals surface area contributed by atoms with Gasteiger partial charge in [0.1, 0.15) is 29.1 Å². The molecule has 4 rings (SSSR count). The third-order valence-electron chi connectivity index (χ3n) is 5.24. The molecule has 2 aromatic carbocycles. The molecule has 1 fully saturated rings. The van der Waals surface area contributed by atoms with Gasteiger partial charge in [0.05, 0.1) is 12.7 Å². The van der Waals surface area contributed by atoms with Crippen molar-refractivity contribution in [1.82, 2.24) is 0 Å². The van der Waals surface area contributed by atoms with Gasteiger partial charge < -0.3 is 14.3 Å². The van der Waals surface area contributed by atoms with E-state index >= 15 is 0 Å². The van der Waals surface area contributed by atoms with Crippen LogP contribution in [0.3, 0.4) is 0 Å². The Kier molecular flexibility index (Phi) is 5.45. The molecule has 1 unspecified atom stereocenters. The Bertz CT molecular complexity index is 1230. The Hall–Kier alpha value is -3.32. The quantitative estimate of drug-likeness (QED) is 0.311. The molecule has 7 heteroatoms. The second-order valence-electron chi connectivity index (χ2n) is 7.28. The molecule has 2 heterocycles. The fourth-order valence-corrected chi connectivity index (χ4v) is 3.92. The highest BCUT2D eigenvalue weighted by molar-refractivity contribution is 9.10. The third kappa shape index (κ3) is 3.65. The summed E-state index contributed by atoms with van der Waals surface area (Å²) in [6.07, 6.45) is 0. The highest BCUT2D eigenvalue weighted by Gasteiger charge is 2.48. The molecule has 1 aliphatic heterocycles. The van der Waals surface area contributed by atoms with Gasteiger partial charge in [-0.3, -0.25) is 14.5 Å². The minimum absolute atomic E-state index is 0.0242. The summed E-state index contributed by atoms with van der Waals surface area (Å²) in [4.78, 5) is 27.5. The van der Waals surface area contributed by atoms with Gasteiger partial charge >= 0.3 is 0 Å². The van der Waals surface area contributed by atoms with E-state index in [1.54, 1.807) is 61.5 Å². The number of ether oxygens (including phenoxy) is 1. The first kappa shape index (κ1) is 20.9. The zero-order valence-electron chi connectivity index (χ0n) is 17.2. The van der Waals surface area contributed by atoms with Crippen LogP contribution >= 0.6 is 15.9 Å². The summed E-state index contributed by atoms with van der Waals surface area (Å²) in [6.45, 7) is 3.66. The molecule has 6 nitrogen and oxygen atoms in total. The molecular formula is C24H20BrNO5. The number of rotatable bonds is 4. The van der Waals surface area contributed by atoms with Crippen LogP contribution in [0.25, 0.3) is 5.76 Å². The van der Waals surface area contributed by atoms with Gasteiger partial charge in [-0.15, -0.1) is 0 Å². The zero-order chi connectivity index (χ0) is 22.3. The third-order valence-corrected chi connectivity index (χ3v) is 6.13. The zero-order valence-corrected chi connectivity index (χ0v) is 18.8. The van der Waals surface area contributed by atoms with E-state index in [9.17, 15) is 14.7 Å². The van der Waals surface area contributed by atoms with Crippen LogP contribution in [0, 0.1) is 13.8 Å². The molecule has 0 spiro atoms. The van der Waals surface area contributed by atoms with Gasteiger partial charge in [0.2, 0.25) is 0 Å². The standard InChI is InChI=1S/C24H20BrNO5/c1-13-11-15(8-9-18(13)25)22(27)20-21(19-10-7-14(2)31-19)26(24(29)23(20)28)16-5-4-6-17(12-16)30-3/h4-12,21,27H,1-3H3/b22-20-. The van der Waals surface area contributed by atoms with Gasteiger partial charge in [0, 0.05) is 21.8 Å². The normalized spacial score (nSPS) is 17.9. The lowest BCUT2D eigenvalue weighted by molar-refractivity contribution is -0.132. The van der Waals surface area contributed by atoms with E-state index in [-0.39, 0.29) is 11.3 Å². The maximum absolute atomic E-state index is 13.1. The lowest BCUT2D eigenvalue weighted by atomic mass is 9.98. The molecule has 0 aliphatic carbocycles. The first-order valence-electron chi connectivity index (χ1n) is 9.59. The second kappa shape index (κ2) is 8.07. The minimum atomic E-state index is -0.912. The Labute approximate surface area is 187 Å². The number of anilines is 1. The Morgan fingerprint density at radius 2 is 1.87 bits per heavy atom. The van der Waals surface area contributed by atoms with Gasteiger partial charge in [0.25, 0.3) is 11.7 Å². The average molecular weight is 482 g/mol. The number of methoxy groups -OCH3 is 1. The maximum atomic E-state index is 13.1. The fraction of sp³-hybridized carbons (Fsp3) is 0.167. The van der Waals surface area contributed by atoms with Gasteiger partial charge in [-0.1, -0.05) is 28.1 Å². The van der Waals surface area contributed by atoms with Crippen LogP contribution in [-0.2, 0) is 9.59 Å². The number of Topliss-reactive ketones (excluding diaryl/α,β-unsaturated/α-hetero) is 1. The Balaban J connectivity index is 1.94. The predicted molar refractivity (Wildman–Crippen MR) is 120 cm³/mol. The number of benzene rings is 2. The van der Waals surface area contributed by atoms with Crippen molar-refractivity contribution < 1.29 is 23.8 Å². The summed E-state index contributed by atoms with van der Waals surface area (Å²) < 4.78 is 12.0. The van der Waals surface area contributed by atoms with E-state index in [0.29, 0.717) is 28.5 Å². The van der Waals surface area contributed by atoms with Crippen molar-refractivity contribution in [1.29, 1.82) is 0 Å². The molecule has 1 amide bonds. The Morgan fingerprint density at radius 3 is 2.52 bits per heavy atom. The van der Waals surface area contributed by atoms with Gasteiger partial charge in [-0.05, 0) is 55.8 Å². The van der Waals surface area contributed by atoms with E-state index in [0.717, 1.165) is 10.0 Å². The van der Waals surface area contributed by atoms with Crippen LogP contribution in [-0.4, -0.2) is 23.9 Å².